The number of aromatic nitrogens is 2. The van der Waals surface area contributed by atoms with Gasteiger partial charge >= 0.3 is 5.97 Å². The number of carbonyl (C=O) groups excluding carboxylic acids is 1. The van der Waals surface area contributed by atoms with E-state index in [2.05, 4.69) is 19.5 Å². The quantitative estimate of drug-likeness (QED) is 0.293. The summed E-state index contributed by atoms with van der Waals surface area (Å²) in [5.74, 6) is -1.49. The van der Waals surface area contributed by atoms with Crippen LogP contribution in [0.2, 0.25) is 0 Å². The fourth-order valence-corrected chi connectivity index (χ4v) is 2.92. The van der Waals surface area contributed by atoms with E-state index in [4.69, 9.17) is 4.74 Å². The predicted molar refractivity (Wildman–Crippen MR) is 76.8 cm³/mol. The van der Waals surface area contributed by atoms with Crippen LogP contribution < -0.4 is 0 Å². The lowest BCUT2D eigenvalue weighted by atomic mass is 9.78. The van der Waals surface area contributed by atoms with Crippen LogP contribution in [0.4, 0.5) is 0 Å². The molecule has 2 heterocycles. The van der Waals surface area contributed by atoms with E-state index in [9.17, 15) is 35.1 Å². The fraction of sp³-hybridized carbons (Fsp3) is 0.636. The molecule has 0 radical (unpaired) electrons. The Morgan fingerprint density at radius 2 is 1.85 bits per heavy atom. The Balaban J connectivity index is 2.71. The maximum Gasteiger partial charge on any atom is 0.343 e. The highest BCUT2D eigenvalue weighted by Crippen LogP contribution is 2.47. The maximum atomic E-state index is 12.4. The van der Waals surface area contributed by atoms with Crippen LogP contribution in [0, 0.1) is 30.3 Å². The summed E-state index contributed by atoms with van der Waals surface area (Å²) < 4.78 is 6.04. The van der Waals surface area contributed by atoms with Crippen molar-refractivity contribution in [3.8, 4) is 0 Å². The van der Waals surface area contributed by atoms with Gasteiger partial charge in [-0.15, -0.1) is 30.3 Å². The lowest BCUT2D eigenvalue weighted by Gasteiger charge is -2.38. The zero-order valence-electron chi connectivity index (χ0n) is 13.9. The molecule has 148 valence electrons. The Kier molecular flexibility index (Phi) is 5.00. The number of cyclic esters (lactones) is 1. The van der Waals surface area contributed by atoms with E-state index in [0.29, 0.717) is 0 Å². The average Bonchev–Trinajstić information content (AvgIpc) is 3.02. The van der Waals surface area contributed by atoms with Crippen LogP contribution in [-0.2, 0) is 37.5 Å². The van der Waals surface area contributed by atoms with Gasteiger partial charge in [-0.25, -0.2) is 9.78 Å². The number of rotatable bonds is 9. The van der Waals surface area contributed by atoms with Crippen molar-refractivity contribution in [3.63, 3.8) is 0 Å². The molecule has 0 bridgehead atoms. The molecule has 1 aromatic rings. The summed E-state index contributed by atoms with van der Waals surface area (Å²) in [6, 6.07) is 0. The Hall–Kier alpha value is -3.72. The van der Waals surface area contributed by atoms with Gasteiger partial charge in [0.1, 0.15) is 0 Å². The zero-order valence-corrected chi connectivity index (χ0v) is 13.9. The number of aryl methyl sites for hydroxylation is 1. The third kappa shape index (κ3) is 3.23. The third-order valence-corrected chi connectivity index (χ3v) is 4.12. The van der Waals surface area contributed by atoms with Crippen LogP contribution >= 0.6 is 0 Å². The van der Waals surface area contributed by atoms with E-state index in [0.717, 1.165) is 0 Å². The Labute approximate surface area is 148 Å². The average molecular weight is 391 g/mol. The summed E-state index contributed by atoms with van der Waals surface area (Å²) in [6.07, 6.45) is -1.05. The van der Waals surface area contributed by atoms with Crippen molar-refractivity contribution in [1.82, 2.24) is 9.55 Å². The van der Waals surface area contributed by atoms with Gasteiger partial charge in [-0.2, -0.15) is 0 Å². The molecule has 16 nitrogen and oxygen atoms in total. The number of carbonyl (C=O) groups is 1. The second-order valence-corrected chi connectivity index (χ2v) is 5.44. The highest BCUT2D eigenvalue weighted by molar-refractivity contribution is 5.84. The molecular formula is C11H13N5O11. The van der Waals surface area contributed by atoms with Gasteiger partial charge in [-0.3, -0.25) is 14.5 Å². The summed E-state index contributed by atoms with van der Waals surface area (Å²) >= 11 is 0. The molecule has 0 N–H and O–H groups in total. The number of nitrogens with zero attached hydrogens (tertiary/aromatic N) is 5. The van der Waals surface area contributed by atoms with E-state index in [1.807, 2.05) is 0 Å². The summed E-state index contributed by atoms with van der Waals surface area (Å²) in [4.78, 5) is 62.4. The van der Waals surface area contributed by atoms with E-state index < -0.39 is 51.6 Å². The van der Waals surface area contributed by atoms with Crippen LogP contribution in [0.3, 0.4) is 0 Å². The van der Waals surface area contributed by atoms with Gasteiger partial charge in [0.2, 0.25) is 11.2 Å². The number of ether oxygens (including phenoxy) is 1. The molecule has 0 aliphatic carbocycles. The molecule has 1 aliphatic rings. The maximum absolute atomic E-state index is 12.4. The molecule has 0 spiro atoms. The topological polar surface area (TPSA) is 201 Å². The zero-order chi connectivity index (χ0) is 20.4. The molecule has 3 atom stereocenters. The smallest absolute Gasteiger partial charge is 0.343 e. The number of esters is 1. The summed E-state index contributed by atoms with van der Waals surface area (Å²) in [7, 11) is 1.48. The van der Waals surface area contributed by atoms with Crippen molar-refractivity contribution in [3.05, 3.63) is 48.6 Å². The first kappa shape index (κ1) is 19.6. The summed E-state index contributed by atoms with van der Waals surface area (Å²) in [5.41, 5.74) is -5.26. The largest absolute Gasteiger partial charge is 0.430 e. The van der Waals surface area contributed by atoms with Gasteiger partial charge in [0.25, 0.3) is 21.5 Å². The molecule has 1 fully saturated rings. The molecular weight excluding hydrogens is 378 g/mol. The number of imidazole rings is 1. The predicted octanol–water partition coefficient (Wildman–Crippen LogP) is -0.642. The summed E-state index contributed by atoms with van der Waals surface area (Å²) in [5, 5.41) is 28.8. The lowest BCUT2D eigenvalue weighted by Crippen LogP contribution is -2.64. The minimum Gasteiger partial charge on any atom is -0.430 e. The van der Waals surface area contributed by atoms with E-state index in [-0.39, 0.29) is 5.69 Å². The van der Waals surface area contributed by atoms with Crippen LogP contribution in [0.25, 0.3) is 0 Å². The number of hydrogen-bond acceptors (Lipinski definition) is 12. The van der Waals surface area contributed by atoms with Gasteiger partial charge < -0.3 is 9.30 Å². The molecule has 0 saturated carbocycles. The molecule has 27 heavy (non-hydrogen) atoms. The van der Waals surface area contributed by atoms with Crippen molar-refractivity contribution in [2.75, 3.05) is 0 Å². The SMILES string of the molecule is CC[C@@]1(O[N+](=O)[O-])C(=O)OC(O[N+](=O)[O-])[C@]1(Cc1cncn1C)O[N+](=O)[O-]. The Morgan fingerprint density at radius 3 is 2.30 bits per heavy atom. The Bertz CT molecular complexity index is 781. The van der Waals surface area contributed by atoms with Crippen LogP contribution in [0.5, 0.6) is 0 Å². The van der Waals surface area contributed by atoms with Crippen LogP contribution in [-0.4, -0.2) is 48.3 Å². The molecule has 1 aromatic heterocycles. The first-order valence-corrected chi connectivity index (χ1v) is 7.22. The molecule has 1 unspecified atom stereocenters. The van der Waals surface area contributed by atoms with Crippen LogP contribution in [0.15, 0.2) is 12.5 Å². The van der Waals surface area contributed by atoms with Gasteiger partial charge in [0.15, 0.2) is 0 Å². The van der Waals surface area contributed by atoms with Crippen molar-refractivity contribution in [1.29, 1.82) is 0 Å². The molecule has 0 amide bonds. The molecule has 1 aliphatic heterocycles. The van der Waals surface area contributed by atoms with E-state index in [1.165, 1.54) is 31.1 Å². The Morgan fingerprint density at radius 1 is 1.22 bits per heavy atom. The van der Waals surface area contributed by atoms with Crippen LogP contribution in [0.1, 0.15) is 19.0 Å². The van der Waals surface area contributed by atoms with Crippen molar-refractivity contribution >= 4 is 5.97 Å². The van der Waals surface area contributed by atoms with Gasteiger partial charge in [-0.1, -0.05) is 6.92 Å². The molecule has 2 rings (SSSR count). The standard InChI is InChI=1S/C11H13N5O11/c1-3-10(26-15(20)21)8(17)24-9(25-14(18)19)11(10,27-16(22)23)4-7-5-12-6-13(7)2/h5-6,9H,3-4H2,1-2H3/t9?,10-,11+/m1/s1. The van der Waals surface area contributed by atoms with E-state index >= 15 is 0 Å². The van der Waals surface area contributed by atoms with E-state index in [1.54, 1.807) is 0 Å². The first-order chi connectivity index (χ1) is 12.6. The highest BCUT2D eigenvalue weighted by atomic mass is 17.0. The third-order valence-electron chi connectivity index (χ3n) is 4.12. The van der Waals surface area contributed by atoms with Crippen molar-refractivity contribution in [2.24, 2.45) is 7.05 Å². The lowest BCUT2D eigenvalue weighted by molar-refractivity contribution is -0.835. The minimum atomic E-state index is -2.71. The second-order valence-electron chi connectivity index (χ2n) is 5.44. The van der Waals surface area contributed by atoms with Crippen molar-refractivity contribution < 1.29 is 39.3 Å². The highest BCUT2D eigenvalue weighted by Gasteiger charge is 2.74. The number of hydrogen-bond donors (Lipinski definition) is 0. The minimum absolute atomic E-state index is 0.164. The van der Waals surface area contributed by atoms with Gasteiger partial charge in [-0.05, 0) is 6.42 Å². The fourth-order valence-electron chi connectivity index (χ4n) is 2.92. The molecule has 0 aromatic carbocycles. The summed E-state index contributed by atoms with van der Waals surface area (Å²) in [6.45, 7) is 1.22. The van der Waals surface area contributed by atoms with Crippen molar-refractivity contribution in [2.45, 2.75) is 37.3 Å². The normalized spacial score (nSPS) is 26.9. The monoisotopic (exact) mass is 391 g/mol. The molecule has 1 saturated heterocycles. The molecule has 16 heteroatoms. The van der Waals surface area contributed by atoms with Gasteiger partial charge in [0.05, 0.1) is 6.33 Å². The van der Waals surface area contributed by atoms with Gasteiger partial charge in [0, 0.05) is 25.4 Å². The second kappa shape index (κ2) is 6.89. The first-order valence-electron chi connectivity index (χ1n) is 7.22.